The van der Waals surface area contributed by atoms with Crippen molar-refractivity contribution in [2.45, 2.75) is 13.0 Å². The van der Waals surface area contributed by atoms with E-state index in [-0.39, 0.29) is 6.04 Å². The zero-order chi connectivity index (χ0) is 8.97. The molecule has 0 spiro atoms. The Balaban J connectivity index is 2.78. The molecular formula is C9H13NO2. The summed E-state index contributed by atoms with van der Waals surface area (Å²) in [4.78, 5) is 10.5. The number of ether oxygens (including phenoxy) is 1. The molecule has 1 atom stereocenters. The highest BCUT2D eigenvalue weighted by Crippen LogP contribution is 2.09. The van der Waals surface area contributed by atoms with Crippen molar-refractivity contribution in [3.05, 3.63) is 24.0 Å². The number of carbonyl (C=O) groups is 1. The molecule has 1 rings (SSSR count). The van der Waals surface area contributed by atoms with Crippen LogP contribution in [0, 0.1) is 0 Å². The summed E-state index contributed by atoms with van der Waals surface area (Å²) in [6.07, 6.45) is 2.74. The van der Waals surface area contributed by atoms with Gasteiger partial charge in [-0.25, -0.2) is 0 Å². The van der Waals surface area contributed by atoms with E-state index in [1.54, 1.807) is 13.2 Å². The van der Waals surface area contributed by atoms with Crippen molar-refractivity contribution in [1.82, 2.24) is 4.57 Å². The first-order valence-corrected chi connectivity index (χ1v) is 3.90. The Morgan fingerprint density at radius 3 is 3.08 bits per heavy atom. The number of aldehydes is 1. The van der Waals surface area contributed by atoms with Crippen molar-refractivity contribution in [2.24, 2.45) is 0 Å². The van der Waals surface area contributed by atoms with Crippen LogP contribution in [-0.2, 0) is 4.74 Å². The largest absolute Gasteiger partial charge is 0.383 e. The van der Waals surface area contributed by atoms with Crippen LogP contribution in [0.4, 0.5) is 0 Å². The Morgan fingerprint density at radius 1 is 1.75 bits per heavy atom. The quantitative estimate of drug-likeness (QED) is 0.636. The fraction of sp³-hybridized carbons (Fsp3) is 0.444. The summed E-state index contributed by atoms with van der Waals surface area (Å²) in [6.45, 7) is 2.63. The monoisotopic (exact) mass is 167 g/mol. The zero-order valence-corrected chi connectivity index (χ0v) is 7.36. The summed E-state index contributed by atoms with van der Waals surface area (Å²) >= 11 is 0. The van der Waals surface area contributed by atoms with E-state index in [4.69, 9.17) is 4.74 Å². The molecule has 0 bridgehead atoms. The van der Waals surface area contributed by atoms with Gasteiger partial charge in [-0.3, -0.25) is 4.79 Å². The lowest BCUT2D eigenvalue weighted by atomic mass is 10.3. The summed E-state index contributed by atoms with van der Waals surface area (Å²) in [5, 5.41) is 0. The van der Waals surface area contributed by atoms with Gasteiger partial charge in [0.05, 0.1) is 18.3 Å². The standard InChI is InChI=1S/C9H13NO2/c1-8(7-12-2)10-5-3-4-9(10)6-11/h3-6,8H,7H2,1-2H3/t8-/m1/s1. The van der Waals surface area contributed by atoms with E-state index in [1.165, 1.54) is 0 Å². The molecule has 0 N–H and O–H groups in total. The van der Waals surface area contributed by atoms with Crippen molar-refractivity contribution in [3.8, 4) is 0 Å². The number of aromatic nitrogens is 1. The lowest BCUT2D eigenvalue weighted by Crippen LogP contribution is -2.12. The van der Waals surface area contributed by atoms with Crippen molar-refractivity contribution >= 4 is 6.29 Å². The van der Waals surface area contributed by atoms with Crippen LogP contribution >= 0.6 is 0 Å². The van der Waals surface area contributed by atoms with Gasteiger partial charge in [-0.05, 0) is 19.1 Å². The molecule has 1 aromatic rings. The van der Waals surface area contributed by atoms with Gasteiger partial charge in [0.2, 0.25) is 0 Å². The molecule has 66 valence electrons. The minimum Gasteiger partial charge on any atom is -0.383 e. The lowest BCUT2D eigenvalue weighted by Gasteiger charge is -2.13. The number of hydrogen-bond donors (Lipinski definition) is 0. The van der Waals surface area contributed by atoms with E-state index in [9.17, 15) is 4.79 Å². The number of rotatable bonds is 4. The molecule has 0 aliphatic rings. The molecule has 0 saturated carbocycles. The Bertz CT molecular complexity index is 255. The maximum atomic E-state index is 10.5. The molecule has 1 heterocycles. The van der Waals surface area contributed by atoms with E-state index in [2.05, 4.69) is 0 Å². The van der Waals surface area contributed by atoms with Crippen LogP contribution < -0.4 is 0 Å². The Hall–Kier alpha value is -1.09. The maximum absolute atomic E-state index is 10.5. The Morgan fingerprint density at radius 2 is 2.50 bits per heavy atom. The van der Waals surface area contributed by atoms with Crippen molar-refractivity contribution in [3.63, 3.8) is 0 Å². The van der Waals surface area contributed by atoms with Crippen LogP contribution in [0.1, 0.15) is 23.5 Å². The summed E-state index contributed by atoms with van der Waals surface area (Å²) in [7, 11) is 1.65. The van der Waals surface area contributed by atoms with Gasteiger partial charge in [-0.1, -0.05) is 0 Å². The molecule has 3 nitrogen and oxygen atoms in total. The van der Waals surface area contributed by atoms with Gasteiger partial charge < -0.3 is 9.30 Å². The maximum Gasteiger partial charge on any atom is 0.166 e. The molecule has 1 aromatic heterocycles. The third-order valence-electron chi connectivity index (χ3n) is 1.82. The third kappa shape index (κ3) is 1.74. The molecule has 0 amide bonds. The molecular weight excluding hydrogens is 154 g/mol. The van der Waals surface area contributed by atoms with E-state index >= 15 is 0 Å². The van der Waals surface area contributed by atoms with Gasteiger partial charge in [0.25, 0.3) is 0 Å². The number of methoxy groups -OCH3 is 1. The predicted molar refractivity (Wildman–Crippen MR) is 46.4 cm³/mol. The summed E-state index contributed by atoms with van der Waals surface area (Å²) in [5.41, 5.74) is 0.694. The van der Waals surface area contributed by atoms with Crippen LogP contribution in [0.2, 0.25) is 0 Å². The molecule has 12 heavy (non-hydrogen) atoms. The van der Waals surface area contributed by atoms with Crippen LogP contribution in [0.15, 0.2) is 18.3 Å². The second kappa shape index (κ2) is 4.07. The summed E-state index contributed by atoms with van der Waals surface area (Å²) in [6, 6.07) is 3.86. The van der Waals surface area contributed by atoms with E-state index in [1.807, 2.05) is 23.8 Å². The summed E-state index contributed by atoms with van der Waals surface area (Å²) in [5.74, 6) is 0. The average Bonchev–Trinajstić information content (AvgIpc) is 2.51. The van der Waals surface area contributed by atoms with Gasteiger partial charge in [-0.2, -0.15) is 0 Å². The third-order valence-corrected chi connectivity index (χ3v) is 1.82. The van der Waals surface area contributed by atoms with Crippen LogP contribution in [-0.4, -0.2) is 24.6 Å². The molecule has 0 aliphatic heterocycles. The zero-order valence-electron chi connectivity index (χ0n) is 7.36. The minimum absolute atomic E-state index is 0.213. The van der Waals surface area contributed by atoms with Gasteiger partial charge in [0.15, 0.2) is 6.29 Å². The van der Waals surface area contributed by atoms with Gasteiger partial charge >= 0.3 is 0 Å². The fourth-order valence-corrected chi connectivity index (χ4v) is 1.23. The van der Waals surface area contributed by atoms with E-state index in [0.717, 1.165) is 6.29 Å². The SMILES string of the molecule is COC[C@@H](C)n1cccc1C=O. The minimum atomic E-state index is 0.213. The normalized spacial score (nSPS) is 12.8. The number of carbonyl (C=O) groups excluding carboxylic acids is 1. The molecule has 0 fully saturated rings. The lowest BCUT2D eigenvalue weighted by molar-refractivity contribution is 0.110. The van der Waals surface area contributed by atoms with Crippen LogP contribution in [0.25, 0.3) is 0 Å². The first-order chi connectivity index (χ1) is 5.79. The van der Waals surface area contributed by atoms with Gasteiger partial charge in [0, 0.05) is 13.3 Å². The molecule has 0 aliphatic carbocycles. The molecule has 0 saturated heterocycles. The predicted octanol–water partition coefficient (Wildman–Crippen LogP) is 1.51. The van der Waals surface area contributed by atoms with Crippen molar-refractivity contribution in [1.29, 1.82) is 0 Å². The van der Waals surface area contributed by atoms with E-state index in [0.29, 0.717) is 12.3 Å². The molecule has 0 radical (unpaired) electrons. The first kappa shape index (κ1) is 9.00. The highest BCUT2D eigenvalue weighted by Gasteiger charge is 2.06. The molecule has 3 heteroatoms. The van der Waals surface area contributed by atoms with Gasteiger partial charge in [0.1, 0.15) is 0 Å². The van der Waals surface area contributed by atoms with Gasteiger partial charge in [-0.15, -0.1) is 0 Å². The second-order valence-electron chi connectivity index (χ2n) is 2.76. The Labute approximate surface area is 72.0 Å². The highest BCUT2D eigenvalue weighted by molar-refractivity contribution is 5.72. The summed E-state index contributed by atoms with van der Waals surface area (Å²) < 4.78 is 6.89. The van der Waals surface area contributed by atoms with Crippen molar-refractivity contribution < 1.29 is 9.53 Å². The fourth-order valence-electron chi connectivity index (χ4n) is 1.23. The second-order valence-corrected chi connectivity index (χ2v) is 2.76. The molecule has 0 unspecified atom stereocenters. The number of nitrogens with zero attached hydrogens (tertiary/aromatic N) is 1. The van der Waals surface area contributed by atoms with Crippen LogP contribution in [0.5, 0.6) is 0 Å². The van der Waals surface area contributed by atoms with Crippen LogP contribution in [0.3, 0.4) is 0 Å². The first-order valence-electron chi connectivity index (χ1n) is 3.90. The Kier molecular flexibility index (Phi) is 3.05. The van der Waals surface area contributed by atoms with E-state index < -0.39 is 0 Å². The van der Waals surface area contributed by atoms with Crippen molar-refractivity contribution in [2.75, 3.05) is 13.7 Å². The average molecular weight is 167 g/mol. The number of hydrogen-bond acceptors (Lipinski definition) is 2. The highest BCUT2D eigenvalue weighted by atomic mass is 16.5. The topological polar surface area (TPSA) is 31.2 Å². The smallest absolute Gasteiger partial charge is 0.166 e. The molecule has 0 aromatic carbocycles.